The Kier molecular flexibility index (Phi) is 5.28. The van der Waals surface area contributed by atoms with E-state index in [-0.39, 0.29) is 11.0 Å². The number of nitrogens with zero attached hydrogens (tertiary/aromatic N) is 1. The zero-order valence-corrected chi connectivity index (χ0v) is 11.7. The average Bonchev–Trinajstić information content (AvgIpc) is 1.99. The summed E-state index contributed by atoms with van der Waals surface area (Å²) in [5, 5.41) is 0. The van der Waals surface area contributed by atoms with Crippen LogP contribution in [0.3, 0.4) is 0 Å². The predicted molar refractivity (Wildman–Crippen MR) is 69.0 cm³/mol. The quantitative estimate of drug-likeness (QED) is 0.736. The van der Waals surface area contributed by atoms with E-state index < -0.39 is 0 Å². The SMILES string of the molecule is CCN(CC(C)C)CC(C)(C)C(C)(C)N. The van der Waals surface area contributed by atoms with Gasteiger partial charge in [-0.05, 0) is 31.7 Å². The maximum Gasteiger partial charge on any atom is 0.0161 e. The summed E-state index contributed by atoms with van der Waals surface area (Å²) >= 11 is 0. The van der Waals surface area contributed by atoms with Gasteiger partial charge < -0.3 is 10.6 Å². The number of hydrogen-bond acceptors (Lipinski definition) is 2. The Morgan fingerprint density at radius 2 is 1.60 bits per heavy atom. The summed E-state index contributed by atoms with van der Waals surface area (Å²) in [6.45, 7) is 18.9. The van der Waals surface area contributed by atoms with Gasteiger partial charge in [-0.15, -0.1) is 0 Å². The van der Waals surface area contributed by atoms with Gasteiger partial charge in [0, 0.05) is 18.6 Å². The summed E-state index contributed by atoms with van der Waals surface area (Å²) in [7, 11) is 0. The highest BCUT2D eigenvalue weighted by Gasteiger charge is 2.34. The van der Waals surface area contributed by atoms with Crippen LogP contribution in [0.2, 0.25) is 0 Å². The van der Waals surface area contributed by atoms with Crippen LogP contribution in [0.15, 0.2) is 0 Å². The van der Waals surface area contributed by atoms with Crippen molar-refractivity contribution < 1.29 is 0 Å². The summed E-state index contributed by atoms with van der Waals surface area (Å²) in [5.41, 5.74) is 6.24. The van der Waals surface area contributed by atoms with Crippen molar-refractivity contribution in [1.82, 2.24) is 4.90 Å². The molecule has 0 aromatic heterocycles. The molecular formula is C13H30N2. The van der Waals surface area contributed by atoms with Crippen LogP contribution in [-0.4, -0.2) is 30.1 Å². The van der Waals surface area contributed by atoms with Crippen LogP contribution in [0, 0.1) is 11.3 Å². The van der Waals surface area contributed by atoms with Gasteiger partial charge in [0.25, 0.3) is 0 Å². The van der Waals surface area contributed by atoms with E-state index in [9.17, 15) is 0 Å². The minimum absolute atomic E-state index is 0.128. The molecule has 0 fully saturated rings. The van der Waals surface area contributed by atoms with Gasteiger partial charge in [0.1, 0.15) is 0 Å². The van der Waals surface area contributed by atoms with E-state index >= 15 is 0 Å². The van der Waals surface area contributed by atoms with Gasteiger partial charge in [-0.2, -0.15) is 0 Å². The van der Waals surface area contributed by atoms with E-state index in [2.05, 4.69) is 53.4 Å². The third-order valence-corrected chi connectivity index (χ3v) is 3.43. The summed E-state index contributed by atoms with van der Waals surface area (Å²) < 4.78 is 0. The minimum atomic E-state index is -0.128. The molecular weight excluding hydrogens is 184 g/mol. The fraction of sp³-hybridized carbons (Fsp3) is 1.00. The molecule has 0 spiro atoms. The molecule has 0 saturated carbocycles. The van der Waals surface area contributed by atoms with Crippen LogP contribution in [0.5, 0.6) is 0 Å². The topological polar surface area (TPSA) is 29.3 Å². The van der Waals surface area contributed by atoms with Gasteiger partial charge in [0.05, 0.1) is 0 Å². The molecule has 0 aliphatic heterocycles. The largest absolute Gasteiger partial charge is 0.325 e. The Hall–Kier alpha value is -0.0800. The Bertz CT molecular complexity index is 177. The van der Waals surface area contributed by atoms with Crippen LogP contribution in [0.25, 0.3) is 0 Å². The third kappa shape index (κ3) is 4.98. The van der Waals surface area contributed by atoms with E-state index in [1.807, 2.05) is 0 Å². The first-order valence-electron chi connectivity index (χ1n) is 6.11. The van der Waals surface area contributed by atoms with E-state index in [1.54, 1.807) is 0 Å². The van der Waals surface area contributed by atoms with Crippen LogP contribution in [-0.2, 0) is 0 Å². The summed E-state index contributed by atoms with van der Waals surface area (Å²) in [6, 6.07) is 0. The zero-order valence-electron chi connectivity index (χ0n) is 11.7. The van der Waals surface area contributed by atoms with Crippen molar-refractivity contribution in [2.24, 2.45) is 17.1 Å². The van der Waals surface area contributed by atoms with E-state index in [4.69, 9.17) is 5.73 Å². The van der Waals surface area contributed by atoms with Crippen molar-refractivity contribution in [2.75, 3.05) is 19.6 Å². The lowest BCUT2D eigenvalue weighted by Crippen LogP contribution is -2.53. The molecule has 92 valence electrons. The minimum Gasteiger partial charge on any atom is -0.325 e. The standard InChI is InChI=1S/C13H30N2/c1-8-15(9-11(2)3)10-12(4,5)13(6,7)14/h11H,8-10,14H2,1-7H3. The van der Waals surface area contributed by atoms with Crippen LogP contribution >= 0.6 is 0 Å². The lowest BCUT2D eigenvalue weighted by atomic mass is 9.75. The third-order valence-electron chi connectivity index (χ3n) is 3.43. The molecule has 2 N–H and O–H groups in total. The van der Waals surface area contributed by atoms with E-state index in [0.29, 0.717) is 0 Å². The molecule has 0 saturated heterocycles. The molecule has 0 rings (SSSR count). The summed E-state index contributed by atoms with van der Waals surface area (Å²) in [5.74, 6) is 0.724. The molecule has 0 bridgehead atoms. The van der Waals surface area contributed by atoms with E-state index in [1.165, 1.54) is 0 Å². The van der Waals surface area contributed by atoms with Crippen molar-refractivity contribution in [2.45, 2.75) is 54.0 Å². The maximum absolute atomic E-state index is 6.22. The second-order valence-electron chi connectivity index (χ2n) is 6.33. The molecule has 15 heavy (non-hydrogen) atoms. The smallest absolute Gasteiger partial charge is 0.0161 e. The van der Waals surface area contributed by atoms with Gasteiger partial charge in [-0.25, -0.2) is 0 Å². The first-order chi connectivity index (χ1) is 6.60. The molecule has 0 amide bonds. The van der Waals surface area contributed by atoms with Crippen molar-refractivity contribution in [3.63, 3.8) is 0 Å². The molecule has 0 atom stereocenters. The predicted octanol–water partition coefficient (Wildman–Crippen LogP) is 2.73. The van der Waals surface area contributed by atoms with Gasteiger partial charge in [0.15, 0.2) is 0 Å². The fourth-order valence-corrected chi connectivity index (χ4v) is 1.58. The lowest BCUT2D eigenvalue weighted by Gasteiger charge is -2.42. The van der Waals surface area contributed by atoms with Gasteiger partial charge >= 0.3 is 0 Å². The molecule has 0 aliphatic carbocycles. The lowest BCUT2D eigenvalue weighted by molar-refractivity contribution is 0.109. The van der Waals surface area contributed by atoms with Crippen molar-refractivity contribution in [1.29, 1.82) is 0 Å². The normalized spacial score (nSPS) is 14.0. The molecule has 0 heterocycles. The van der Waals surface area contributed by atoms with Crippen molar-refractivity contribution >= 4 is 0 Å². The molecule has 0 unspecified atom stereocenters. The monoisotopic (exact) mass is 214 g/mol. The molecule has 2 nitrogen and oxygen atoms in total. The average molecular weight is 214 g/mol. The second-order valence-corrected chi connectivity index (χ2v) is 6.33. The summed E-state index contributed by atoms with van der Waals surface area (Å²) in [4.78, 5) is 2.50. The van der Waals surface area contributed by atoms with E-state index in [0.717, 1.165) is 25.6 Å². The first kappa shape index (κ1) is 14.9. The highest BCUT2D eigenvalue weighted by atomic mass is 15.1. The van der Waals surface area contributed by atoms with Gasteiger partial charge in [0.2, 0.25) is 0 Å². The molecule has 0 aromatic carbocycles. The highest BCUT2D eigenvalue weighted by Crippen LogP contribution is 2.29. The fourth-order valence-electron chi connectivity index (χ4n) is 1.58. The Morgan fingerprint density at radius 3 is 1.87 bits per heavy atom. The van der Waals surface area contributed by atoms with Gasteiger partial charge in [-0.1, -0.05) is 34.6 Å². The second kappa shape index (κ2) is 5.31. The summed E-state index contributed by atoms with van der Waals surface area (Å²) in [6.07, 6.45) is 0. The zero-order chi connectivity index (χ0) is 12.3. The molecule has 0 aliphatic rings. The Morgan fingerprint density at radius 1 is 1.13 bits per heavy atom. The van der Waals surface area contributed by atoms with Crippen LogP contribution in [0.4, 0.5) is 0 Å². The van der Waals surface area contributed by atoms with Crippen molar-refractivity contribution in [3.8, 4) is 0 Å². The van der Waals surface area contributed by atoms with Crippen LogP contribution in [0.1, 0.15) is 48.5 Å². The highest BCUT2D eigenvalue weighted by molar-refractivity contribution is 4.92. The molecule has 0 aromatic rings. The molecule has 0 radical (unpaired) electrons. The first-order valence-corrected chi connectivity index (χ1v) is 6.11. The van der Waals surface area contributed by atoms with Gasteiger partial charge in [-0.3, -0.25) is 0 Å². The number of rotatable bonds is 6. The Labute approximate surface area is 96.2 Å². The van der Waals surface area contributed by atoms with Crippen molar-refractivity contribution in [3.05, 3.63) is 0 Å². The number of hydrogen-bond donors (Lipinski definition) is 1. The van der Waals surface area contributed by atoms with Crippen LogP contribution < -0.4 is 5.73 Å². The number of nitrogens with two attached hydrogens (primary N) is 1. The molecule has 2 heteroatoms. The Balaban J connectivity index is 4.40. The maximum atomic E-state index is 6.22.